The van der Waals surface area contributed by atoms with Crippen LogP contribution in [0.1, 0.15) is 15.2 Å². The van der Waals surface area contributed by atoms with E-state index in [0.29, 0.717) is 10.6 Å². The van der Waals surface area contributed by atoms with Crippen molar-refractivity contribution < 1.29 is 9.90 Å². The summed E-state index contributed by atoms with van der Waals surface area (Å²) in [7, 11) is 0. The summed E-state index contributed by atoms with van der Waals surface area (Å²) in [5.74, 6) is -0.925. The summed E-state index contributed by atoms with van der Waals surface area (Å²) in [6.07, 6.45) is 0. The zero-order valence-electron chi connectivity index (χ0n) is 10.7. The molecule has 0 saturated heterocycles. The largest absolute Gasteiger partial charge is 0.477 e. The number of thiazole rings is 1. The minimum absolute atomic E-state index is 0.297. The average molecular weight is 301 g/mol. The number of thiophene rings is 1. The first kappa shape index (κ1) is 13.0. The van der Waals surface area contributed by atoms with Gasteiger partial charge in [-0.25, -0.2) is 9.78 Å². The molecular formula is C15H11NO2S2. The van der Waals surface area contributed by atoms with E-state index in [9.17, 15) is 9.90 Å². The van der Waals surface area contributed by atoms with E-state index in [1.807, 2.05) is 48.7 Å². The van der Waals surface area contributed by atoms with Crippen molar-refractivity contribution >= 4 is 28.6 Å². The fourth-order valence-corrected chi connectivity index (χ4v) is 3.77. The minimum Gasteiger partial charge on any atom is -0.477 e. The van der Waals surface area contributed by atoms with Crippen molar-refractivity contribution in [2.45, 2.75) is 6.92 Å². The molecule has 0 aliphatic heterocycles. The van der Waals surface area contributed by atoms with E-state index in [2.05, 4.69) is 4.98 Å². The molecular weight excluding hydrogens is 290 g/mol. The molecule has 0 bridgehead atoms. The van der Waals surface area contributed by atoms with Gasteiger partial charge in [0.25, 0.3) is 0 Å². The van der Waals surface area contributed by atoms with Crippen LogP contribution in [-0.4, -0.2) is 16.1 Å². The van der Waals surface area contributed by atoms with E-state index in [4.69, 9.17) is 0 Å². The monoisotopic (exact) mass is 301 g/mol. The van der Waals surface area contributed by atoms with Gasteiger partial charge in [-0.1, -0.05) is 30.3 Å². The lowest BCUT2D eigenvalue weighted by atomic mass is 10.1. The maximum Gasteiger partial charge on any atom is 0.348 e. The first-order valence-corrected chi connectivity index (χ1v) is 7.70. The Kier molecular flexibility index (Phi) is 3.38. The molecule has 0 aliphatic rings. The molecule has 5 heteroatoms. The Hall–Kier alpha value is -1.98. The molecule has 0 radical (unpaired) electrons. The molecule has 2 heterocycles. The van der Waals surface area contributed by atoms with Crippen LogP contribution < -0.4 is 0 Å². The molecule has 0 unspecified atom stereocenters. The second-order valence-electron chi connectivity index (χ2n) is 4.29. The van der Waals surface area contributed by atoms with Crippen LogP contribution in [0.25, 0.3) is 21.1 Å². The average Bonchev–Trinajstić information content (AvgIpc) is 3.08. The maximum atomic E-state index is 11.4. The van der Waals surface area contributed by atoms with Crippen molar-refractivity contribution in [3.8, 4) is 21.1 Å². The number of carboxylic acids is 1. The third-order valence-corrected chi connectivity index (χ3v) is 4.90. The summed E-state index contributed by atoms with van der Waals surface area (Å²) in [6.45, 7) is 2.00. The molecule has 1 N–H and O–H groups in total. The second kappa shape index (κ2) is 5.19. The Labute approximate surface area is 124 Å². The van der Waals surface area contributed by atoms with Gasteiger partial charge in [-0.3, -0.25) is 0 Å². The van der Waals surface area contributed by atoms with Crippen molar-refractivity contribution in [1.29, 1.82) is 0 Å². The van der Waals surface area contributed by atoms with Gasteiger partial charge >= 0.3 is 5.97 Å². The molecule has 2 aromatic heterocycles. The van der Waals surface area contributed by atoms with Gasteiger partial charge in [-0.15, -0.1) is 22.7 Å². The number of rotatable bonds is 3. The van der Waals surface area contributed by atoms with Crippen molar-refractivity contribution in [2.24, 2.45) is 0 Å². The van der Waals surface area contributed by atoms with Gasteiger partial charge in [-0.2, -0.15) is 0 Å². The quantitative estimate of drug-likeness (QED) is 0.772. The first-order valence-electron chi connectivity index (χ1n) is 6.01. The van der Waals surface area contributed by atoms with E-state index in [1.165, 1.54) is 22.7 Å². The first-order chi connectivity index (χ1) is 9.66. The molecule has 20 heavy (non-hydrogen) atoms. The molecule has 1 aromatic carbocycles. The van der Waals surface area contributed by atoms with E-state index < -0.39 is 5.97 Å². The van der Waals surface area contributed by atoms with Crippen LogP contribution in [0.2, 0.25) is 0 Å². The zero-order valence-corrected chi connectivity index (χ0v) is 12.3. The topological polar surface area (TPSA) is 50.2 Å². The van der Waals surface area contributed by atoms with E-state index in [0.717, 1.165) is 21.0 Å². The van der Waals surface area contributed by atoms with E-state index in [-0.39, 0.29) is 0 Å². The maximum absolute atomic E-state index is 11.4. The lowest BCUT2D eigenvalue weighted by Crippen LogP contribution is -1.94. The Balaban J connectivity index is 2.18. The molecule has 0 amide bonds. The highest BCUT2D eigenvalue weighted by atomic mass is 32.1. The molecule has 0 aliphatic carbocycles. The van der Waals surface area contributed by atoms with Crippen molar-refractivity contribution in [2.75, 3.05) is 0 Å². The summed E-state index contributed by atoms with van der Waals surface area (Å²) in [5, 5.41) is 12.0. The number of aromatic nitrogens is 1. The highest BCUT2D eigenvalue weighted by Gasteiger charge is 2.20. The van der Waals surface area contributed by atoms with E-state index >= 15 is 0 Å². The van der Waals surface area contributed by atoms with Crippen LogP contribution in [0.4, 0.5) is 0 Å². The Morgan fingerprint density at radius 3 is 2.65 bits per heavy atom. The fraction of sp³-hybridized carbons (Fsp3) is 0.0667. The van der Waals surface area contributed by atoms with Gasteiger partial charge in [0, 0.05) is 5.56 Å². The number of hydrogen-bond acceptors (Lipinski definition) is 4. The molecule has 3 nitrogen and oxygen atoms in total. The van der Waals surface area contributed by atoms with Gasteiger partial charge in [0.1, 0.15) is 15.6 Å². The van der Waals surface area contributed by atoms with Crippen LogP contribution in [0, 0.1) is 6.92 Å². The van der Waals surface area contributed by atoms with E-state index in [1.54, 1.807) is 0 Å². The van der Waals surface area contributed by atoms with Gasteiger partial charge in [-0.05, 0) is 23.9 Å². The standard InChI is InChI=1S/C15H11NO2S2/c1-9-5-2-3-6-10(9)14-16-12(11-7-4-8-19-11)13(20-14)15(17)18/h2-8H,1H3,(H,17,18). The molecule has 0 saturated carbocycles. The fourth-order valence-electron chi connectivity index (χ4n) is 1.97. The summed E-state index contributed by atoms with van der Waals surface area (Å²) in [4.78, 5) is 17.2. The lowest BCUT2D eigenvalue weighted by Gasteiger charge is -1.99. The molecule has 0 atom stereocenters. The van der Waals surface area contributed by atoms with Gasteiger partial charge < -0.3 is 5.11 Å². The van der Waals surface area contributed by atoms with Crippen LogP contribution >= 0.6 is 22.7 Å². The third-order valence-electron chi connectivity index (χ3n) is 2.95. The SMILES string of the molecule is Cc1ccccc1-c1nc(-c2cccs2)c(C(=O)O)s1. The Morgan fingerprint density at radius 1 is 1.20 bits per heavy atom. The molecule has 3 aromatic rings. The number of nitrogens with zero attached hydrogens (tertiary/aromatic N) is 1. The van der Waals surface area contributed by atoms with Crippen LogP contribution in [0.3, 0.4) is 0 Å². The summed E-state index contributed by atoms with van der Waals surface area (Å²) in [5.41, 5.74) is 2.65. The molecule has 3 rings (SSSR count). The van der Waals surface area contributed by atoms with Crippen molar-refractivity contribution in [3.63, 3.8) is 0 Å². The van der Waals surface area contributed by atoms with Crippen LogP contribution in [0.5, 0.6) is 0 Å². The Bertz CT molecular complexity index is 760. The van der Waals surface area contributed by atoms with Gasteiger partial charge in [0.2, 0.25) is 0 Å². The van der Waals surface area contributed by atoms with Crippen LogP contribution in [-0.2, 0) is 0 Å². The number of aryl methyl sites for hydroxylation is 1. The summed E-state index contributed by atoms with van der Waals surface area (Å²) < 4.78 is 0. The van der Waals surface area contributed by atoms with Crippen molar-refractivity contribution in [3.05, 3.63) is 52.2 Å². The summed E-state index contributed by atoms with van der Waals surface area (Å²) in [6, 6.07) is 11.7. The molecule has 0 fully saturated rings. The summed E-state index contributed by atoms with van der Waals surface area (Å²) >= 11 is 2.73. The number of carbonyl (C=O) groups is 1. The smallest absolute Gasteiger partial charge is 0.348 e. The number of carboxylic acid groups (broad SMARTS) is 1. The second-order valence-corrected chi connectivity index (χ2v) is 6.24. The van der Waals surface area contributed by atoms with Crippen LogP contribution in [0.15, 0.2) is 41.8 Å². The Morgan fingerprint density at radius 2 is 2.00 bits per heavy atom. The normalized spacial score (nSPS) is 10.7. The van der Waals surface area contributed by atoms with Gasteiger partial charge in [0.05, 0.1) is 4.88 Å². The third kappa shape index (κ3) is 2.26. The van der Waals surface area contributed by atoms with Gasteiger partial charge in [0.15, 0.2) is 0 Å². The predicted octanol–water partition coefficient (Wildman–Crippen LogP) is 4.55. The predicted molar refractivity (Wildman–Crippen MR) is 82.6 cm³/mol. The number of hydrogen-bond donors (Lipinski definition) is 1. The molecule has 100 valence electrons. The number of aromatic carboxylic acids is 1. The molecule has 0 spiro atoms. The van der Waals surface area contributed by atoms with Crippen molar-refractivity contribution in [1.82, 2.24) is 4.98 Å². The lowest BCUT2D eigenvalue weighted by molar-refractivity contribution is 0.0703. The highest BCUT2D eigenvalue weighted by molar-refractivity contribution is 7.18. The number of benzene rings is 1. The minimum atomic E-state index is -0.925. The highest BCUT2D eigenvalue weighted by Crippen LogP contribution is 2.36. The zero-order chi connectivity index (χ0) is 14.1.